The van der Waals surface area contributed by atoms with E-state index in [2.05, 4.69) is 0 Å². The lowest BCUT2D eigenvalue weighted by atomic mass is 10.00. The minimum atomic E-state index is -4.74. The van der Waals surface area contributed by atoms with Crippen LogP contribution in [0, 0.1) is 5.82 Å². The second-order valence-corrected chi connectivity index (χ2v) is 3.45. The molecule has 1 aromatic carbocycles. The predicted molar refractivity (Wildman–Crippen MR) is 50.7 cm³/mol. The number of aliphatic carboxylic acids is 1. The highest BCUT2D eigenvalue weighted by Gasteiger charge is 2.34. The molecule has 0 saturated carbocycles. The zero-order valence-electron chi connectivity index (χ0n) is 8.46. The molecule has 94 valence electrons. The summed E-state index contributed by atoms with van der Waals surface area (Å²) in [6, 6.07) is 0.589. The van der Waals surface area contributed by atoms with Crippen molar-refractivity contribution < 1.29 is 27.5 Å². The van der Waals surface area contributed by atoms with Crippen LogP contribution in [0.2, 0.25) is 0 Å². The Bertz CT molecular complexity index is 431. The summed E-state index contributed by atoms with van der Waals surface area (Å²) in [6.45, 7) is 0. The number of carboxylic acid groups (broad SMARTS) is 1. The quantitative estimate of drug-likeness (QED) is 0.805. The molecule has 0 aliphatic rings. The molecule has 0 aromatic heterocycles. The van der Waals surface area contributed by atoms with Crippen LogP contribution in [0.1, 0.15) is 11.1 Å². The van der Waals surface area contributed by atoms with E-state index in [1.807, 2.05) is 0 Å². The summed E-state index contributed by atoms with van der Waals surface area (Å²) in [6.07, 6.45) is -5.25. The highest BCUT2D eigenvalue weighted by molar-refractivity contribution is 5.73. The van der Waals surface area contributed by atoms with E-state index in [4.69, 9.17) is 10.8 Å². The Morgan fingerprint density at radius 2 is 2.00 bits per heavy atom. The summed E-state index contributed by atoms with van der Waals surface area (Å²) in [5.74, 6) is -2.45. The van der Waals surface area contributed by atoms with Crippen LogP contribution in [0.25, 0.3) is 0 Å². The number of rotatable bonds is 3. The first kappa shape index (κ1) is 13.4. The molecule has 0 bridgehead atoms. The van der Waals surface area contributed by atoms with E-state index in [1.165, 1.54) is 0 Å². The molecule has 0 unspecified atom stereocenters. The first-order valence-electron chi connectivity index (χ1n) is 4.56. The Balaban J connectivity index is 3.11. The molecule has 0 heterocycles. The number of alkyl halides is 3. The maximum atomic E-state index is 12.7. The maximum absolute atomic E-state index is 12.7. The fourth-order valence-corrected chi connectivity index (χ4v) is 1.31. The van der Waals surface area contributed by atoms with Gasteiger partial charge in [-0.1, -0.05) is 6.07 Å². The lowest BCUT2D eigenvalue weighted by Crippen LogP contribution is -2.33. The van der Waals surface area contributed by atoms with Crippen LogP contribution in [0.3, 0.4) is 0 Å². The average Bonchev–Trinajstić information content (AvgIpc) is 2.18. The van der Waals surface area contributed by atoms with Gasteiger partial charge in [-0.05, 0) is 24.1 Å². The second kappa shape index (κ2) is 4.70. The first-order valence-corrected chi connectivity index (χ1v) is 4.56. The number of hydrogen-bond donors (Lipinski definition) is 2. The monoisotopic (exact) mass is 251 g/mol. The van der Waals surface area contributed by atoms with Gasteiger partial charge in [0.15, 0.2) is 0 Å². The maximum Gasteiger partial charge on any atom is 0.416 e. The van der Waals surface area contributed by atoms with Gasteiger partial charge >= 0.3 is 12.1 Å². The third-order valence-electron chi connectivity index (χ3n) is 2.13. The molecule has 0 aliphatic carbocycles. The molecule has 7 heteroatoms. The zero-order chi connectivity index (χ0) is 13.2. The summed E-state index contributed by atoms with van der Waals surface area (Å²) >= 11 is 0. The molecular formula is C10H9F4NO2. The average molecular weight is 251 g/mol. The second-order valence-electron chi connectivity index (χ2n) is 3.45. The number of nitrogens with two attached hydrogens (primary N) is 1. The molecule has 0 radical (unpaired) electrons. The van der Waals surface area contributed by atoms with Crippen LogP contribution < -0.4 is 5.73 Å². The number of halogens is 4. The van der Waals surface area contributed by atoms with Gasteiger partial charge in [0, 0.05) is 0 Å². The number of carbonyl (C=O) groups is 1. The molecule has 3 nitrogen and oxygen atoms in total. The molecular weight excluding hydrogens is 242 g/mol. The molecule has 1 rings (SSSR count). The third-order valence-corrected chi connectivity index (χ3v) is 2.13. The molecule has 0 saturated heterocycles. The van der Waals surface area contributed by atoms with E-state index in [0.29, 0.717) is 6.07 Å². The van der Waals surface area contributed by atoms with Gasteiger partial charge in [-0.25, -0.2) is 4.39 Å². The van der Waals surface area contributed by atoms with Gasteiger partial charge in [0.25, 0.3) is 0 Å². The highest BCUT2D eigenvalue weighted by atomic mass is 19.4. The smallest absolute Gasteiger partial charge is 0.416 e. The largest absolute Gasteiger partial charge is 0.480 e. The van der Waals surface area contributed by atoms with Crippen LogP contribution in [-0.2, 0) is 17.4 Å². The molecule has 1 aromatic rings. The third kappa shape index (κ3) is 3.42. The molecule has 0 spiro atoms. The SMILES string of the molecule is N[C@@H](Cc1ccc(F)cc1C(F)(F)F)C(=O)O. The Labute approximate surface area is 93.8 Å². The standard InChI is InChI=1S/C10H9F4NO2/c11-6-2-1-5(3-8(15)9(16)17)7(4-6)10(12,13)14/h1-2,4,8H,3,15H2,(H,16,17)/t8-/m0/s1. The summed E-state index contributed by atoms with van der Waals surface area (Å²) in [5, 5.41) is 8.51. The van der Waals surface area contributed by atoms with Crippen molar-refractivity contribution in [2.75, 3.05) is 0 Å². The molecule has 17 heavy (non-hydrogen) atoms. The number of carboxylic acids is 1. The van der Waals surface area contributed by atoms with Crippen molar-refractivity contribution in [2.24, 2.45) is 5.73 Å². The van der Waals surface area contributed by atoms with Crippen molar-refractivity contribution >= 4 is 5.97 Å². The molecule has 1 atom stereocenters. The van der Waals surface area contributed by atoms with E-state index < -0.39 is 36.0 Å². The zero-order valence-corrected chi connectivity index (χ0v) is 8.46. The Kier molecular flexibility index (Phi) is 3.72. The Hall–Kier alpha value is -1.63. The predicted octanol–water partition coefficient (Wildman–Crippen LogP) is 1.80. The van der Waals surface area contributed by atoms with E-state index in [-0.39, 0.29) is 5.56 Å². The van der Waals surface area contributed by atoms with Gasteiger partial charge < -0.3 is 10.8 Å². The summed E-state index contributed by atoms with van der Waals surface area (Å²) in [5.41, 5.74) is 3.60. The van der Waals surface area contributed by atoms with Gasteiger partial charge in [0.05, 0.1) is 5.56 Å². The fraction of sp³-hybridized carbons (Fsp3) is 0.300. The molecule has 3 N–H and O–H groups in total. The molecule has 0 amide bonds. The number of hydrogen-bond acceptors (Lipinski definition) is 2. The van der Waals surface area contributed by atoms with Crippen molar-refractivity contribution in [1.29, 1.82) is 0 Å². The van der Waals surface area contributed by atoms with E-state index in [1.54, 1.807) is 0 Å². The first-order chi connectivity index (χ1) is 7.71. The van der Waals surface area contributed by atoms with Crippen LogP contribution in [0.4, 0.5) is 17.6 Å². The van der Waals surface area contributed by atoms with Gasteiger partial charge in [-0.3, -0.25) is 4.79 Å². The van der Waals surface area contributed by atoms with Crippen molar-refractivity contribution in [3.63, 3.8) is 0 Å². The number of benzene rings is 1. The van der Waals surface area contributed by atoms with Crippen LogP contribution in [0.5, 0.6) is 0 Å². The summed E-state index contributed by atoms with van der Waals surface area (Å²) in [4.78, 5) is 10.5. The summed E-state index contributed by atoms with van der Waals surface area (Å²) < 4.78 is 50.3. The van der Waals surface area contributed by atoms with E-state index in [9.17, 15) is 22.4 Å². The van der Waals surface area contributed by atoms with Crippen molar-refractivity contribution in [1.82, 2.24) is 0 Å². The minimum absolute atomic E-state index is 0.323. The lowest BCUT2D eigenvalue weighted by Gasteiger charge is -2.14. The van der Waals surface area contributed by atoms with Crippen LogP contribution in [0.15, 0.2) is 18.2 Å². The minimum Gasteiger partial charge on any atom is -0.480 e. The molecule has 0 fully saturated rings. The lowest BCUT2D eigenvalue weighted by molar-refractivity contribution is -0.141. The van der Waals surface area contributed by atoms with Crippen molar-refractivity contribution in [2.45, 2.75) is 18.6 Å². The van der Waals surface area contributed by atoms with E-state index >= 15 is 0 Å². The van der Waals surface area contributed by atoms with E-state index in [0.717, 1.165) is 12.1 Å². The highest BCUT2D eigenvalue weighted by Crippen LogP contribution is 2.32. The molecule has 0 aliphatic heterocycles. The Morgan fingerprint density at radius 3 is 2.47 bits per heavy atom. The van der Waals surface area contributed by atoms with Crippen LogP contribution in [-0.4, -0.2) is 17.1 Å². The van der Waals surface area contributed by atoms with Gasteiger partial charge in [-0.2, -0.15) is 13.2 Å². The Morgan fingerprint density at radius 1 is 1.41 bits per heavy atom. The normalized spacial score (nSPS) is 13.5. The van der Waals surface area contributed by atoms with Gasteiger partial charge in [-0.15, -0.1) is 0 Å². The van der Waals surface area contributed by atoms with Gasteiger partial charge in [0.2, 0.25) is 0 Å². The van der Waals surface area contributed by atoms with Crippen LogP contribution >= 0.6 is 0 Å². The van der Waals surface area contributed by atoms with Crippen molar-refractivity contribution in [3.05, 3.63) is 35.1 Å². The topological polar surface area (TPSA) is 63.3 Å². The van der Waals surface area contributed by atoms with Gasteiger partial charge in [0.1, 0.15) is 11.9 Å². The van der Waals surface area contributed by atoms with Crippen molar-refractivity contribution in [3.8, 4) is 0 Å². The fourth-order valence-electron chi connectivity index (χ4n) is 1.31. The summed E-state index contributed by atoms with van der Waals surface area (Å²) in [7, 11) is 0.